The second kappa shape index (κ2) is 7.43. The van der Waals surface area contributed by atoms with Crippen molar-refractivity contribution in [1.29, 1.82) is 0 Å². The van der Waals surface area contributed by atoms with Crippen LogP contribution in [0.1, 0.15) is 58.4 Å². The second-order valence-corrected chi connectivity index (χ2v) is 7.58. The molecule has 0 aromatic heterocycles. The van der Waals surface area contributed by atoms with E-state index in [0.29, 0.717) is 12.3 Å². The van der Waals surface area contributed by atoms with E-state index in [1.165, 1.54) is 6.42 Å². The summed E-state index contributed by atoms with van der Waals surface area (Å²) in [4.78, 5) is 12.3. The molecule has 2 rings (SSSR count). The van der Waals surface area contributed by atoms with Crippen molar-refractivity contribution >= 4 is 11.8 Å². The molecule has 1 fully saturated rings. The number of carbonyl (C=O) groups excluding carboxylic acids is 1. The summed E-state index contributed by atoms with van der Waals surface area (Å²) in [5, 5.41) is 2.90. The number of rotatable bonds is 4. The minimum atomic E-state index is -0.542. The van der Waals surface area contributed by atoms with E-state index in [1.54, 1.807) is 7.11 Å². The van der Waals surface area contributed by atoms with Gasteiger partial charge < -0.3 is 15.2 Å². The number of ether oxygens (including phenoxy) is 2. The van der Waals surface area contributed by atoms with Crippen LogP contribution in [0.2, 0.25) is 0 Å². The molecule has 0 saturated heterocycles. The Kier molecular flexibility index (Phi) is 5.75. The minimum Gasteiger partial charge on any atom is -0.497 e. The summed E-state index contributed by atoms with van der Waals surface area (Å²) in [7, 11) is 1.62. The summed E-state index contributed by atoms with van der Waals surface area (Å²) in [6.45, 7) is 6.12. The molecule has 0 bridgehead atoms. The molecule has 0 aliphatic heterocycles. The van der Waals surface area contributed by atoms with Crippen molar-refractivity contribution in [3.05, 3.63) is 23.8 Å². The van der Waals surface area contributed by atoms with Crippen molar-refractivity contribution in [3.8, 4) is 5.75 Å². The molecule has 5 nitrogen and oxygen atoms in total. The standard InChI is InChI=1S/C19H30N2O3/c1-18(2,3)24-17(22)21-16-12-14(23-4)8-9-15(16)19(13-20)10-6-5-7-11-19/h8-9,12H,5-7,10-11,13,20H2,1-4H3,(H,21,22). The van der Waals surface area contributed by atoms with Crippen LogP contribution in [0.3, 0.4) is 0 Å². The molecule has 1 aliphatic carbocycles. The summed E-state index contributed by atoms with van der Waals surface area (Å²) in [6, 6.07) is 5.82. The molecule has 1 aromatic rings. The quantitative estimate of drug-likeness (QED) is 0.865. The van der Waals surface area contributed by atoms with Gasteiger partial charge in [0.2, 0.25) is 0 Å². The smallest absolute Gasteiger partial charge is 0.412 e. The average molecular weight is 334 g/mol. The molecule has 1 amide bonds. The maximum absolute atomic E-state index is 12.3. The fourth-order valence-corrected chi connectivity index (χ4v) is 3.44. The molecule has 1 aromatic carbocycles. The Hall–Kier alpha value is -1.75. The maximum atomic E-state index is 12.3. The van der Waals surface area contributed by atoms with Crippen LogP contribution in [0.5, 0.6) is 5.75 Å². The van der Waals surface area contributed by atoms with Crippen molar-refractivity contribution in [3.63, 3.8) is 0 Å². The molecule has 24 heavy (non-hydrogen) atoms. The number of hydrogen-bond acceptors (Lipinski definition) is 4. The largest absolute Gasteiger partial charge is 0.497 e. The lowest BCUT2D eigenvalue weighted by Crippen LogP contribution is -2.38. The van der Waals surface area contributed by atoms with Gasteiger partial charge in [0.15, 0.2) is 0 Å². The Morgan fingerprint density at radius 2 is 1.92 bits per heavy atom. The van der Waals surface area contributed by atoms with E-state index in [9.17, 15) is 4.79 Å². The van der Waals surface area contributed by atoms with Crippen LogP contribution in [0.4, 0.5) is 10.5 Å². The molecule has 0 unspecified atom stereocenters. The van der Waals surface area contributed by atoms with E-state index in [0.717, 1.165) is 36.9 Å². The topological polar surface area (TPSA) is 73.6 Å². The van der Waals surface area contributed by atoms with Gasteiger partial charge in [0.25, 0.3) is 0 Å². The zero-order chi connectivity index (χ0) is 17.8. The predicted octanol–water partition coefficient (Wildman–Crippen LogP) is 4.20. The number of methoxy groups -OCH3 is 1. The van der Waals surface area contributed by atoms with Crippen LogP contribution in [0, 0.1) is 0 Å². The van der Waals surface area contributed by atoms with E-state index in [1.807, 2.05) is 39.0 Å². The van der Waals surface area contributed by atoms with Gasteiger partial charge in [-0.05, 0) is 45.2 Å². The molecular weight excluding hydrogens is 304 g/mol. The number of nitrogens with one attached hydrogen (secondary N) is 1. The van der Waals surface area contributed by atoms with Crippen LogP contribution in [-0.2, 0) is 10.2 Å². The number of nitrogens with two attached hydrogens (primary N) is 1. The van der Waals surface area contributed by atoms with Gasteiger partial charge in [-0.25, -0.2) is 4.79 Å². The molecule has 0 radical (unpaired) electrons. The van der Waals surface area contributed by atoms with E-state index in [4.69, 9.17) is 15.2 Å². The number of hydrogen-bond donors (Lipinski definition) is 2. The number of anilines is 1. The van der Waals surface area contributed by atoms with E-state index in [2.05, 4.69) is 5.32 Å². The summed E-state index contributed by atoms with van der Waals surface area (Å²) in [6.07, 6.45) is 5.19. The third kappa shape index (κ3) is 4.41. The molecule has 134 valence electrons. The molecule has 1 aliphatic rings. The first-order valence-electron chi connectivity index (χ1n) is 8.68. The van der Waals surface area contributed by atoms with Gasteiger partial charge in [0.05, 0.1) is 12.8 Å². The van der Waals surface area contributed by atoms with Gasteiger partial charge in [0, 0.05) is 18.0 Å². The molecule has 1 saturated carbocycles. The highest BCUT2D eigenvalue weighted by molar-refractivity contribution is 5.86. The van der Waals surface area contributed by atoms with Crippen molar-refractivity contribution < 1.29 is 14.3 Å². The fraction of sp³-hybridized carbons (Fsp3) is 0.632. The SMILES string of the molecule is COc1ccc(C2(CN)CCCCC2)c(NC(=O)OC(C)(C)C)c1. The van der Waals surface area contributed by atoms with E-state index in [-0.39, 0.29) is 5.41 Å². The van der Waals surface area contributed by atoms with Crippen LogP contribution < -0.4 is 15.8 Å². The molecule has 0 heterocycles. The monoisotopic (exact) mass is 334 g/mol. The van der Waals surface area contributed by atoms with Crippen molar-refractivity contribution in [2.24, 2.45) is 5.73 Å². The Bertz CT molecular complexity index is 572. The third-order valence-electron chi connectivity index (χ3n) is 4.64. The zero-order valence-corrected chi connectivity index (χ0v) is 15.3. The first-order chi connectivity index (χ1) is 11.3. The highest BCUT2D eigenvalue weighted by Crippen LogP contribution is 2.43. The highest BCUT2D eigenvalue weighted by atomic mass is 16.6. The molecule has 5 heteroatoms. The van der Waals surface area contributed by atoms with Crippen LogP contribution in [0.15, 0.2) is 18.2 Å². The number of amides is 1. The molecule has 0 spiro atoms. The van der Waals surface area contributed by atoms with Crippen LogP contribution in [-0.4, -0.2) is 25.3 Å². The Labute approximate surface area is 144 Å². The summed E-state index contributed by atoms with van der Waals surface area (Å²) < 4.78 is 10.7. The number of benzene rings is 1. The number of carbonyl (C=O) groups is 1. The summed E-state index contributed by atoms with van der Waals surface area (Å²) in [5.74, 6) is 0.702. The van der Waals surface area contributed by atoms with E-state index >= 15 is 0 Å². The normalized spacial score (nSPS) is 17.2. The van der Waals surface area contributed by atoms with Gasteiger partial charge in [-0.1, -0.05) is 25.3 Å². The van der Waals surface area contributed by atoms with Crippen LogP contribution in [0.25, 0.3) is 0 Å². The maximum Gasteiger partial charge on any atom is 0.412 e. The highest BCUT2D eigenvalue weighted by Gasteiger charge is 2.35. The predicted molar refractivity (Wildman–Crippen MR) is 96.7 cm³/mol. The summed E-state index contributed by atoms with van der Waals surface area (Å²) >= 11 is 0. The zero-order valence-electron chi connectivity index (χ0n) is 15.3. The lowest BCUT2D eigenvalue weighted by molar-refractivity contribution is 0.0635. The molecule has 0 atom stereocenters. The van der Waals surface area contributed by atoms with Gasteiger partial charge >= 0.3 is 6.09 Å². The first-order valence-corrected chi connectivity index (χ1v) is 8.68. The van der Waals surface area contributed by atoms with Crippen molar-refractivity contribution in [2.45, 2.75) is 63.9 Å². The van der Waals surface area contributed by atoms with Crippen molar-refractivity contribution in [2.75, 3.05) is 19.0 Å². The summed E-state index contributed by atoms with van der Waals surface area (Å²) in [5.41, 5.74) is 7.35. The lowest BCUT2D eigenvalue weighted by Gasteiger charge is -2.38. The first kappa shape index (κ1) is 18.6. The Balaban J connectivity index is 2.35. The van der Waals surface area contributed by atoms with Gasteiger partial charge in [0.1, 0.15) is 11.4 Å². The molecular formula is C19H30N2O3. The van der Waals surface area contributed by atoms with Crippen LogP contribution >= 0.6 is 0 Å². The Morgan fingerprint density at radius 1 is 1.25 bits per heavy atom. The second-order valence-electron chi connectivity index (χ2n) is 7.58. The lowest BCUT2D eigenvalue weighted by atomic mass is 9.69. The minimum absolute atomic E-state index is 0.0884. The van der Waals surface area contributed by atoms with E-state index < -0.39 is 11.7 Å². The van der Waals surface area contributed by atoms with Gasteiger partial charge in [-0.2, -0.15) is 0 Å². The van der Waals surface area contributed by atoms with Gasteiger partial charge in [-0.15, -0.1) is 0 Å². The van der Waals surface area contributed by atoms with Gasteiger partial charge in [-0.3, -0.25) is 5.32 Å². The average Bonchev–Trinajstić information content (AvgIpc) is 2.53. The molecule has 3 N–H and O–H groups in total. The third-order valence-corrected chi connectivity index (χ3v) is 4.64. The fourth-order valence-electron chi connectivity index (χ4n) is 3.44. The Morgan fingerprint density at radius 3 is 2.46 bits per heavy atom. The van der Waals surface area contributed by atoms with Crippen molar-refractivity contribution in [1.82, 2.24) is 0 Å².